The highest BCUT2D eigenvalue weighted by Crippen LogP contribution is 2.24. The van der Waals surface area contributed by atoms with Gasteiger partial charge in [0.2, 0.25) is 5.91 Å². The highest BCUT2D eigenvalue weighted by molar-refractivity contribution is 6.08. The molecule has 3 heterocycles. The topological polar surface area (TPSA) is 154 Å². The van der Waals surface area contributed by atoms with Crippen LogP contribution in [0.5, 0.6) is 0 Å². The summed E-state index contributed by atoms with van der Waals surface area (Å²) in [6.45, 7) is 1.57. The Kier molecular flexibility index (Phi) is 8.67. The fraction of sp³-hybridized carbons (Fsp3) is 0.346. The van der Waals surface area contributed by atoms with Crippen LogP contribution in [0.1, 0.15) is 25.3 Å². The van der Waals surface area contributed by atoms with Crippen LogP contribution in [0.4, 0.5) is 23.7 Å². The van der Waals surface area contributed by atoms with Gasteiger partial charge >= 0.3 is 12.2 Å². The summed E-state index contributed by atoms with van der Waals surface area (Å²) in [4.78, 5) is 30.7. The van der Waals surface area contributed by atoms with Gasteiger partial charge < -0.3 is 32.0 Å². The normalized spacial score (nSPS) is 15.5. The third-order valence-corrected chi connectivity index (χ3v) is 6.43. The molecule has 1 unspecified atom stereocenters. The molecule has 0 aliphatic carbocycles. The Hall–Kier alpha value is -4.46. The minimum absolute atomic E-state index is 0.0338. The highest BCUT2D eigenvalue weighted by Gasteiger charge is 2.28. The number of nitrogens with zero attached hydrogens (tertiary/aromatic N) is 4. The van der Waals surface area contributed by atoms with Crippen molar-refractivity contribution in [1.29, 1.82) is 5.41 Å². The van der Waals surface area contributed by atoms with Gasteiger partial charge in [0.1, 0.15) is 12.6 Å². The van der Waals surface area contributed by atoms with Crippen LogP contribution in [0.3, 0.4) is 0 Å². The Morgan fingerprint density at radius 2 is 1.98 bits per heavy atom. The number of imidazole rings is 1. The first-order chi connectivity index (χ1) is 19.0. The number of aromatic nitrogens is 3. The van der Waals surface area contributed by atoms with E-state index in [1.807, 2.05) is 0 Å². The zero-order valence-corrected chi connectivity index (χ0v) is 21.7. The fourth-order valence-electron chi connectivity index (χ4n) is 4.23. The lowest BCUT2D eigenvalue weighted by Crippen LogP contribution is -2.48. The Morgan fingerprint density at radius 1 is 1.23 bits per heavy atom. The lowest BCUT2D eigenvalue weighted by Gasteiger charge is -2.32. The van der Waals surface area contributed by atoms with E-state index in [-0.39, 0.29) is 11.9 Å². The van der Waals surface area contributed by atoms with Crippen molar-refractivity contribution in [2.75, 3.05) is 25.0 Å². The van der Waals surface area contributed by atoms with Crippen LogP contribution < -0.4 is 21.7 Å². The predicted molar refractivity (Wildman–Crippen MR) is 145 cm³/mol. The smallest absolute Gasteiger partial charge is 0.379 e. The number of carbonyl (C=O) groups excluding carboxylic acids is 2. The summed E-state index contributed by atoms with van der Waals surface area (Å²) in [5.74, 6) is -0.0338. The number of hydrogen-bond acceptors (Lipinski definition) is 7. The minimum atomic E-state index is -4.51. The van der Waals surface area contributed by atoms with Gasteiger partial charge in [0.15, 0.2) is 5.65 Å². The number of carbonyl (C=O) groups is 2. The van der Waals surface area contributed by atoms with Gasteiger partial charge in [-0.25, -0.2) is 14.3 Å². The Labute approximate surface area is 228 Å². The molecule has 0 radical (unpaired) electrons. The first kappa shape index (κ1) is 28.5. The van der Waals surface area contributed by atoms with Gasteiger partial charge in [-0.15, -0.1) is 0 Å². The number of benzene rings is 1. The molecule has 0 bridgehead atoms. The minimum Gasteiger partial charge on any atom is -0.379 e. The molecule has 3 amide bonds. The van der Waals surface area contributed by atoms with Crippen molar-refractivity contribution in [2.45, 2.75) is 38.0 Å². The van der Waals surface area contributed by atoms with E-state index in [4.69, 9.17) is 11.1 Å². The highest BCUT2D eigenvalue weighted by atomic mass is 19.4. The summed E-state index contributed by atoms with van der Waals surface area (Å²) in [6, 6.07) is 6.92. The molecule has 40 heavy (non-hydrogen) atoms. The monoisotopic (exact) mass is 557 g/mol. The first-order valence-corrected chi connectivity index (χ1v) is 12.6. The first-order valence-electron chi connectivity index (χ1n) is 12.6. The molecule has 11 nitrogen and oxygen atoms in total. The number of hydrogen-bond donors (Lipinski definition) is 5. The van der Waals surface area contributed by atoms with Crippen molar-refractivity contribution in [2.24, 2.45) is 5.73 Å². The molecule has 3 aromatic rings. The Bertz CT molecular complexity index is 1410. The van der Waals surface area contributed by atoms with E-state index in [1.165, 1.54) is 0 Å². The van der Waals surface area contributed by atoms with E-state index in [0.29, 0.717) is 46.8 Å². The molecular formula is C26H30F3N9O2. The zero-order chi connectivity index (χ0) is 28.9. The molecule has 1 atom stereocenters. The van der Waals surface area contributed by atoms with Crippen molar-refractivity contribution < 1.29 is 22.8 Å². The van der Waals surface area contributed by atoms with E-state index in [1.54, 1.807) is 70.6 Å². The van der Waals surface area contributed by atoms with Crippen LogP contribution >= 0.6 is 0 Å². The van der Waals surface area contributed by atoms with Gasteiger partial charge in [-0.1, -0.05) is 12.1 Å². The Morgan fingerprint density at radius 3 is 2.67 bits per heavy atom. The molecule has 1 aromatic carbocycles. The summed E-state index contributed by atoms with van der Waals surface area (Å²) in [5, 5.41) is 19.5. The van der Waals surface area contributed by atoms with Crippen molar-refractivity contribution in [3.8, 4) is 11.3 Å². The number of piperidine rings is 1. The number of alkyl halides is 3. The summed E-state index contributed by atoms with van der Waals surface area (Å²) in [6.07, 6.45) is 2.92. The summed E-state index contributed by atoms with van der Waals surface area (Å²) in [7, 11) is 0. The van der Waals surface area contributed by atoms with E-state index < -0.39 is 24.8 Å². The van der Waals surface area contributed by atoms with Crippen LogP contribution in [0, 0.1) is 5.41 Å². The van der Waals surface area contributed by atoms with Crippen molar-refractivity contribution >= 4 is 35.1 Å². The van der Waals surface area contributed by atoms with Gasteiger partial charge in [0.05, 0.1) is 18.1 Å². The van der Waals surface area contributed by atoms with Crippen molar-refractivity contribution in [1.82, 2.24) is 30.1 Å². The van der Waals surface area contributed by atoms with Gasteiger partial charge in [0.25, 0.3) is 0 Å². The summed E-state index contributed by atoms with van der Waals surface area (Å²) in [5.41, 5.74) is 9.00. The molecule has 0 saturated carbocycles. The maximum Gasteiger partial charge on any atom is 0.405 e. The molecule has 2 aromatic heterocycles. The van der Waals surface area contributed by atoms with Gasteiger partial charge in [-0.2, -0.15) is 18.3 Å². The third kappa shape index (κ3) is 7.14. The second-order valence-electron chi connectivity index (χ2n) is 9.46. The number of urea groups is 1. The number of allylic oxidation sites excluding steroid dienone is 1. The number of nitrogens with one attached hydrogen (secondary N) is 4. The van der Waals surface area contributed by atoms with Crippen molar-refractivity contribution in [3.63, 3.8) is 0 Å². The number of amides is 3. The predicted octanol–water partition coefficient (Wildman–Crippen LogP) is 3.00. The zero-order valence-electron chi connectivity index (χ0n) is 21.7. The molecular weight excluding hydrogens is 527 g/mol. The second kappa shape index (κ2) is 12.2. The van der Waals surface area contributed by atoms with E-state index >= 15 is 0 Å². The molecule has 6 N–H and O–H groups in total. The molecule has 1 fully saturated rings. The third-order valence-electron chi connectivity index (χ3n) is 6.43. The number of fused-ring (bicyclic) bond motifs is 1. The van der Waals surface area contributed by atoms with Crippen molar-refractivity contribution in [3.05, 3.63) is 54.5 Å². The van der Waals surface area contributed by atoms with E-state index in [9.17, 15) is 22.8 Å². The molecule has 1 saturated heterocycles. The quantitative estimate of drug-likeness (QED) is 0.269. The molecule has 212 valence electrons. The second-order valence-corrected chi connectivity index (χ2v) is 9.46. The van der Waals surface area contributed by atoms with Crippen LogP contribution in [0.25, 0.3) is 22.5 Å². The lowest BCUT2D eigenvalue weighted by atomic mass is 10.1. The maximum atomic E-state index is 12.7. The Balaban J connectivity index is 1.46. The number of nitrogens with two attached hydrogens (primary N) is 1. The number of likely N-dealkylation sites (tertiary alicyclic amines) is 1. The largest absolute Gasteiger partial charge is 0.405 e. The number of anilines is 1. The maximum absolute atomic E-state index is 12.7. The summed E-state index contributed by atoms with van der Waals surface area (Å²) < 4.78 is 38.6. The molecule has 1 aliphatic rings. The van der Waals surface area contributed by atoms with Gasteiger partial charge in [-0.05, 0) is 38.0 Å². The average Bonchev–Trinajstić information content (AvgIpc) is 3.35. The SMILES string of the molecule is CC(N/C=C(\C=N)c1cnn2c(-c3cccc(NC(=O)NCC(F)(F)F)c3)cnc2c1)C(=O)N1CCC(N)CC1. The molecule has 4 rings (SSSR count). The number of halogens is 3. The van der Waals surface area contributed by atoms with Gasteiger partial charge in [-0.3, -0.25) is 4.79 Å². The van der Waals surface area contributed by atoms with Crippen LogP contribution in [-0.2, 0) is 4.79 Å². The average molecular weight is 558 g/mol. The fourth-order valence-corrected chi connectivity index (χ4v) is 4.23. The van der Waals surface area contributed by atoms with Gasteiger partial charge in [0, 0.05) is 53.9 Å². The van der Waals surface area contributed by atoms with Crippen LogP contribution in [-0.4, -0.2) is 75.5 Å². The van der Waals surface area contributed by atoms with Crippen LogP contribution in [0.2, 0.25) is 0 Å². The van der Waals surface area contributed by atoms with E-state index in [2.05, 4.69) is 20.7 Å². The molecule has 0 spiro atoms. The standard InChI is InChI=1S/C26H30F3N9O2/c1-16(24(39)37-7-5-20(31)6-8-37)32-12-19(11-30)18-10-23-33-14-22(38(23)35-13-18)17-3-2-4-21(9-17)36-25(40)34-15-26(27,28)29/h2-4,9-14,16,20,30,32H,5-8,15,31H2,1H3,(H2,34,36,40)/b19-12+,30-11?. The summed E-state index contributed by atoms with van der Waals surface area (Å²) >= 11 is 0. The van der Waals surface area contributed by atoms with E-state index in [0.717, 1.165) is 19.1 Å². The number of rotatable bonds is 8. The molecule has 14 heteroatoms. The lowest BCUT2D eigenvalue weighted by molar-refractivity contribution is -0.133. The van der Waals surface area contributed by atoms with Crippen LogP contribution in [0.15, 0.2) is 48.9 Å². The molecule has 1 aliphatic heterocycles.